The van der Waals surface area contributed by atoms with Gasteiger partial charge in [0.25, 0.3) is 0 Å². The molecule has 136 valence electrons. The molecule has 1 saturated heterocycles. The largest absolute Gasteiger partial charge is 0.493 e. The van der Waals surface area contributed by atoms with Gasteiger partial charge in [-0.15, -0.1) is 0 Å². The molecule has 0 amide bonds. The number of hydrogen-bond acceptors (Lipinski definition) is 4. The van der Waals surface area contributed by atoms with Crippen molar-refractivity contribution in [2.75, 3.05) is 39.3 Å². The molecule has 4 nitrogen and oxygen atoms in total. The second-order valence-corrected chi connectivity index (χ2v) is 7.41. The van der Waals surface area contributed by atoms with E-state index in [2.05, 4.69) is 61.8 Å². The number of piperazine rings is 1. The van der Waals surface area contributed by atoms with Crippen molar-refractivity contribution in [3.8, 4) is 5.75 Å². The lowest BCUT2D eigenvalue weighted by molar-refractivity contribution is 0.0572. The predicted octanol–water partition coefficient (Wildman–Crippen LogP) is 3.14. The lowest BCUT2D eigenvalue weighted by atomic mass is 10.0. The summed E-state index contributed by atoms with van der Waals surface area (Å²) in [4.78, 5) is 5.13. The van der Waals surface area contributed by atoms with E-state index in [0.29, 0.717) is 24.5 Å². The molecule has 2 rings (SSSR count). The van der Waals surface area contributed by atoms with Gasteiger partial charge in [0.15, 0.2) is 0 Å². The minimum Gasteiger partial charge on any atom is -0.493 e. The molecule has 0 spiro atoms. The number of nitrogens with two attached hydrogens (primary N) is 1. The molecule has 1 aromatic carbocycles. The van der Waals surface area contributed by atoms with Crippen molar-refractivity contribution in [1.29, 1.82) is 0 Å². The number of ether oxygens (including phenoxy) is 1. The van der Waals surface area contributed by atoms with Gasteiger partial charge >= 0.3 is 0 Å². The van der Waals surface area contributed by atoms with E-state index in [9.17, 15) is 0 Å². The maximum atomic E-state index is 6.12. The molecule has 2 atom stereocenters. The van der Waals surface area contributed by atoms with Crippen molar-refractivity contribution in [3.05, 3.63) is 29.8 Å². The van der Waals surface area contributed by atoms with E-state index in [-0.39, 0.29) is 0 Å². The van der Waals surface area contributed by atoms with Crippen LogP contribution in [0.25, 0.3) is 0 Å². The highest BCUT2D eigenvalue weighted by atomic mass is 16.5. The molecule has 1 fully saturated rings. The van der Waals surface area contributed by atoms with Crippen LogP contribution in [0.2, 0.25) is 0 Å². The summed E-state index contributed by atoms with van der Waals surface area (Å²) in [6.07, 6.45) is 1.22. The molecule has 2 unspecified atom stereocenters. The minimum absolute atomic E-state index is 0.301. The third-order valence-corrected chi connectivity index (χ3v) is 4.82. The first-order valence-electron chi connectivity index (χ1n) is 9.46. The van der Waals surface area contributed by atoms with E-state index < -0.39 is 0 Å². The average molecular weight is 334 g/mol. The molecule has 0 bridgehead atoms. The van der Waals surface area contributed by atoms with Crippen molar-refractivity contribution in [1.82, 2.24) is 9.80 Å². The summed E-state index contributed by atoms with van der Waals surface area (Å²) in [5.74, 6) is 1.49. The fourth-order valence-corrected chi connectivity index (χ4v) is 3.47. The molecule has 24 heavy (non-hydrogen) atoms. The second kappa shape index (κ2) is 9.40. The zero-order valence-electron chi connectivity index (χ0n) is 15.9. The second-order valence-electron chi connectivity index (χ2n) is 7.41. The lowest BCUT2D eigenvalue weighted by Crippen LogP contribution is -2.53. The SMILES string of the molecule is CCCN1CCN(C(CN)c2ccc(OCC(C)C)cc2)CC1C. The van der Waals surface area contributed by atoms with Gasteiger partial charge in [-0.1, -0.05) is 32.9 Å². The van der Waals surface area contributed by atoms with Gasteiger partial charge in [-0.3, -0.25) is 9.80 Å². The first-order chi connectivity index (χ1) is 11.5. The third-order valence-electron chi connectivity index (χ3n) is 4.82. The summed E-state index contributed by atoms with van der Waals surface area (Å²) in [7, 11) is 0. The van der Waals surface area contributed by atoms with Crippen LogP contribution in [0.1, 0.15) is 45.7 Å². The molecule has 0 aromatic heterocycles. The Morgan fingerprint density at radius 2 is 1.92 bits per heavy atom. The number of hydrogen-bond donors (Lipinski definition) is 1. The number of benzene rings is 1. The molecule has 1 aromatic rings. The highest BCUT2D eigenvalue weighted by molar-refractivity contribution is 5.29. The first kappa shape index (κ1) is 19.2. The number of rotatable bonds is 8. The van der Waals surface area contributed by atoms with Crippen molar-refractivity contribution >= 4 is 0 Å². The topological polar surface area (TPSA) is 41.7 Å². The molecule has 1 aliphatic rings. The average Bonchev–Trinajstić information content (AvgIpc) is 2.57. The summed E-state index contributed by atoms with van der Waals surface area (Å²) in [6.45, 7) is 14.9. The summed E-state index contributed by atoms with van der Waals surface area (Å²) in [5.41, 5.74) is 7.42. The van der Waals surface area contributed by atoms with Crippen molar-refractivity contribution in [2.45, 2.75) is 46.2 Å². The van der Waals surface area contributed by atoms with Crippen LogP contribution >= 0.6 is 0 Å². The van der Waals surface area contributed by atoms with Gasteiger partial charge in [-0.2, -0.15) is 0 Å². The molecule has 0 saturated carbocycles. The number of nitrogens with zero attached hydrogens (tertiary/aromatic N) is 2. The monoisotopic (exact) mass is 333 g/mol. The Hall–Kier alpha value is -1.10. The van der Waals surface area contributed by atoms with Crippen LogP contribution in [0.3, 0.4) is 0 Å². The maximum Gasteiger partial charge on any atom is 0.119 e. The quantitative estimate of drug-likeness (QED) is 0.793. The van der Waals surface area contributed by atoms with Crippen LogP contribution in [0.15, 0.2) is 24.3 Å². The van der Waals surface area contributed by atoms with E-state index >= 15 is 0 Å². The van der Waals surface area contributed by atoms with Crippen LogP contribution in [0.5, 0.6) is 5.75 Å². The molecule has 1 aliphatic heterocycles. The Balaban J connectivity index is 1.98. The van der Waals surface area contributed by atoms with Gasteiger partial charge in [0.05, 0.1) is 6.61 Å². The van der Waals surface area contributed by atoms with Crippen molar-refractivity contribution < 1.29 is 4.74 Å². The van der Waals surface area contributed by atoms with E-state index in [1.54, 1.807) is 0 Å². The summed E-state index contributed by atoms with van der Waals surface area (Å²) in [6, 6.07) is 9.41. The first-order valence-corrected chi connectivity index (χ1v) is 9.46. The smallest absolute Gasteiger partial charge is 0.119 e. The van der Waals surface area contributed by atoms with Gasteiger partial charge in [0.1, 0.15) is 5.75 Å². The van der Waals surface area contributed by atoms with Gasteiger partial charge in [-0.05, 0) is 43.5 Å². The van der Waals surface area contributed by atoms with E-state index in [1.807, 2.05) is 0 Å². The molecule has 2 N–H and O–H groups in total. The normalized spacial score (nSPS) is 21.2. The Bertz CT molecular complexity index is 474. The standard InChI is InChI=1S/C20H35N3O/c1-5-10-22-11-12-23(14-17(22)4)20(13-21)18-6-8-19(9-7-18)24-15-16(2)3/h6-9,16-17,20H,5,10-15,21H2,1-4H3. The summed E-state index contributed by atoms with van der Waals surface area (Å²) < 4.78 is 5.79. The van der Waals surface area contributed by atoms with Crippen molar-refractivity contribution in [3.63, 3.8) is 0 Å². The minimum atomic E-state index is 0.301. The highest BCUT2D eigenvalue weighted by Gasteiger charge is 2.28. The lowest BCUT2D eigenvalue weighted by Gasteiger charge is -2.43. The van der Waals surface area contributed by atoms with Crippen molar-refractivity contribution in [2.24, 2.45) is 11.7 Å². The molecule has 4 heteroatoms. The third kappa shape index (κ3) is 5.20. The van der Waals surface area contributed by atoms with Crippen LogP contribution in [-0.2, 0) is 0 Å². The Kier molecular flexibility index (Phi) is 7.53. The Morgan fingerprint density at radius 3 is 2.46 bits per heavy atom. The van der Waals surface area contributed by atoms with Gasteiger partial charge in [0, 0.05) is 38.3 Å². The zero-order valence-corrected chi connectivity index (χ0v) is 15.9. The van der Waals surface area contributed by atoms with Gasteiger partial charge < -0.3 is 10.5 Å². The van der Waals surface area contributed by atoms with E-state index in [4.69, 9.17) is 10.5 Å². The molecule has 0 radical (unpaired) electrons. The highest BCUT2D eigenvalue weighted by Crippen LogP contribution is 2.25. The summed E-state index contributed by atoms with van der Waals surface area (Å²) >= 11 is 0. The zero-order chi connectivity index (χ0) is 17.5. The molecular formula is C20H35N3O. The fraction of sp³-hybridized carbons (Fsp3) is 0.700. The molecule has 1 heterocycles. The Labute approximate surface area is 148 Å². The summed E-state index contributed by atoms with van der Waals surface area (Å²) in [5, 5.41) is 0. The Morgan fingerprint density at radius 1 is 1.21 bits per heavy atom. The van der Waals surface area contributed by atoms with Crippen LogP contribution in [0.4, 0.5) is 0 Å². The molecular weight excluding hydrogens is 298 g/mol. The van der Waals surface area contributed by atoms with Crippen LogP contribution < -0.4 is 10.5 Å². The van der Waals surface area contributed by atoms with Gasteiger partial charge in [-0.25, -0.2) is 0 Å². The van der Waals surface area contributed by atoms with E-state index in [1.165, 1.54) is 18.5 Å². The van der Waals surface area contributed by atoms with Crippen LogP contribution in [-0.4, -0.2) is 55.2 Å². The van der Waals surface area contributed by atoms with Gasteiger partial charge in [0.2, 0.25) is 0 Å². The predicted molar refractivity (Wildman–Crippen MR) is 101 cm³/mol. The van der Waals surface area contributed by atoms with Crippen LogP contribution in [0, 0.1) is 5.92 Å². The maximum absolute atomic E-state index is 6.12. The fourth-order valence-electron chi connectivity index (χ4n) is 3.47. The van der Waals surface area contributed by atoms with E-state index in [0.717, 1.165) is 32.0 Å². The molecule has 0 aliphatic carbocycles.